The summed E-state index contributed by atoms with van der Waals surface area (Å²) in [5.74, 6) is 0. The summed E-state index contributed by atoms with van der Waals surface area (Å²) < 4.78 is 24.1. The first-order valence-corrected chi connectivity index (χ1v) is 7.28. The number of aromatic amines is 1. The Morgan fingerprint density at radius 3 is 2.59 bits per heavy atom. The molecule has 0 amide bonds. The van der Waals surface area contributed by atoms with Crippen LogP contribution in [0.2, 0.25) is 0 Å². The average Bonchev–Trinajstić information content (AvgIpc) is 2.77. The van der Waals surface area contributed by atoms with Crippen LogP contribution in [-0.2, 0) is 10.0 Å². The van der Waals surface area contributed by atoms with Crippen molar-refractivity contribution in [3.63, 3.8) is 0 Å². The number of nitrogens with one attached hydrogen (secondary N) is 2. The van der Waals surface area contributed by atoms with E-state index in [1.807, 2.05) is 18.9 Å². The van der Waals surface area contributed by atoms with Crippen LogP contribution < -0.4 is 4.83 Å². The van der Waals surface area contributed by atoms with Crippen LogP contribution in [0, 0.1) is 0 Å². The molecule has 0 aromatic carbocycles. The summed E-state index contributed by atoms with van der Waals surface area (Å²) >= 11 is 0. The highest BCUT2D eigenvalue weighted by Crippen LogP contribution is 2.21. The molecule has 2 rings (SSSR count). The van der Waals surface area contributed by atoms with Crippen molar-refractivity contribution in [3.8, 4) is 0 Å². The zero-order valence-electron chi connectivity index (χ0n) is 10.0. The van der Waals surface area contributed by atoms with Crippen LogP contribution in [0.3, 0.4) is 0 Å². The van der Waals surface area contributed by atoms with Crippen LogP contribution in [0.5, 0.6) is 0 Å². The number of hydrogen-bond acceptors (Lipinski definition) is 4. The van der Waals surface area contributed by atoms with Crippen LogP contribution in [0.4, 0.5) is 0 Å². The van der Waals surface area contributed by atoms with Crippen LogP contribution in [0.1, 0.15) is 33.1 Å². The minimum atomic E-state index is -3.52. The molecule has 96 valence electrons. The predicted octanol–water partition coefficient (Wildman–Crippen LogP) is 0.866. The molecule has 2 N–H and O–H groups in total. The van der Waals surface area contributed by atoms with Gasteiger partial charge < -0.3 is 4.98 Å². The Morgan fingerprint density at radius 2 is 2.06 bits per heavy atom. The van der Waals surface area contributed by atoms with Gasteiger partial charge in [0.25, 0.3) is 10.0 Å². The largest absolute Gasteiger partial charge is 0.335 e. The lowest BCUT2D eigenvalue weighted by Gasteiger charge is -2.38. The Bertz CT molecular complexity index is 447. The Hall–Kier alpha value is -0.920. The molecule has 1 aliphatic rings. The van der Waals surface area contributed by atoms with Crippen molar-refractivity contribution in [2.45, 2.75) is 50.2 Å². The second kappa shape index (κ2) is 4.75. The predicted molar refractivity (Wildman–Crippen MR) is 63.5 cm³/mol. The molecule has 2 unspecified atom stereocenters. The Morgan fingerprint density at radius 1 is 1.41 bits per heavy atom. The molecule has 0 bridgehead atoms. The summed E-state index contributed by atoms with van der Waals surface area (Å²) in [6, 6.07) is 0.438. The van der Waals surface area contributed by atoms with Crippen molar-refractivity contribution in [1.82, 2.24) is 19.8 Å². The summed E-state index contributed by atoms with van der Waals surface area (Å²) in [4.78, 5) is 8.97. The number of H-pyrrole nitrogens is 1. The lowest BCUT2D eigenvalue weighted by Crippen LogP contribution is -2.53. The first-order chi connectivity index (χ1) is 8.00. The molecule has 0 radical (unpaired) electrons. The topological polar surface area (TPSA) is 78.1 Å². The van der Waals surface area contributed by atoms with Crippen molar-refractivity contribution in [3.05, 3.63) is 12.5 Å². The number of sulfonamides is 1. The van der Waals surface area contributed by atoms with E-state index in [-0.39, 0.29) is 17.1 Å². The third-order valence-electron chi connectivity index (χ3n) is 3.18. The molecule has 0 saturated carbocycles. The Kier molecular flexibility index (Phi) is 3.50. The van der Waals surface area contributed by atoms with E-state index < -0.39 is 10.0 Å². The highest BCUT2D eigenvalue weighted by molar-refractivity contribution is 7.89. The monoisotopic (exact) mass is 258 g/mol. The van der Waals surface area contributed by atoms with Gasteiger partial charge in [0.1, 0.15) is 0 Å². The van der Waals surface area contributed by atoms with Crippen molar-refractivity contribution < 1.29 is 8.42 Å². The fourth-order valence-corrected chi connectivity index (χ4v) is 3.32. The normalized spacial score (nSPS) is 27.2. The van der Waals surface area contributed by atoms with E-state index in [0.717, 1.165) is 19.3 Å². The van der Waals surface area contributed by atoms with Crippen molar-refractivity contribution in [2.75, 3.05) is 0 Å². The maximum absolute atomic E-state index is 12.0. The molecular weight excluding hydrogens is 240 g/mol. The van der Waals surface area contributed by atoms with E-state index in [9.17, 15) is 8.42 Å². The summed E-state index contributed by atoms with van der Waals surface area (Å²) in [5, 5.41) is 1.92. The molecule has 1 aliphatic heterocycles. The van der Waals surface area contributed by atoms with Gasteiger partial charge in [-0.05, 0) is 26.7 Å². The lowest BCUT2D eigenvalue weighted by molar-refractivity contribution is 0.0789. The molecule has 2 heterocycles. The van der Waals surface area contributed by atoms with Gasteiger partial charge in [-0.2, -0.15) is 0 Å². The zero-order chi connectivity index (χ0) is 12.5. The second-order valence-corrected chi connectivity index (χ2v) is 6.18. The standard InChI is InChI=1S/C10H18N4O2S/c1-8-4-3-5-9(2)14(8)13-17(15,16)10-6-11-7-12-10/h6-9,13H,3-5H2,1-2H3,(H,11,12). The van der Waals surface area contributed by atoms with E-state index in [0.29, 0.717) is 0 Å². The Labute approximate surface area is 101 Å². The van der Waals surface area contributed by atoms with Gasteiger partial charge in [0.2, 0.25) is 0 Å². The molecule has 1 fully saturated rings. The number of piperidine rings is 1. The molecule has 0 aliphatic carbocycles. The molecule has 7 heteroatoms. The maximum Gasteiger partial charge on any atom is 0.270 e. The van der Waals surface area contributed by atoms with Gasteiger partial charge in [-0.1, -0.05) is 6.42 Å². The maximum atomic E-state index is 12.0. The molecule has 1 aromatic heterocycles. The van der Waals surface area contributed by atoms with Crippen LogP contribution in [0.25, 0.3) is 0 Å². The van der Waals surface area contributed by atoms with Crippen molar-refractivity contribution >= 4 is 10.0 Å². The zero-order valence-corrected chi connectivity index (χ0v) is 10.9. The molecule has 1 saturated heterocycles. The minimum Gasteiger partial charge on any atom is -0.335 e. The van der Waals surface area contributed by atoms with E-state index >= 15 is 0 Å². The third-order valence-corrected chi connectivity index (χ3v) is 4.44. The van der Waals surface area contributed by atoms with E-state index in [4.69, 9.17) is 0 Å². The highest BCUT2D eigenvalue weighted by Gasteiger charge is 2.29. The average molecular weight is 258 g/mol. The first-order valence-electron chi connectivity index (χ1n) is 5.80. The second-order valence-electron chi connectivity index (χ2n) is 4.55. The molecule has 0 spiro atoms. The van der Waals surface area contributed by atoms with Crippen LogP contribution >= 0.6 is 0 Å². The summed E-state index contributed by atoms with van der Waals surface area (Å²) in [6.45, 7) is 4.07. The van der Waals surface area contributed by atoms with Crippen LogP contribution in [0.15, 0.2) is 17.6 Å². The number of nitrogens with zero attached hydrogens (tertiary/aromatic N) is 2. The number of rotatable bonds is 3. The lowest BCUT2D eigenvalue weighted by atomic mass is 10.0. The van der Waals surface area contributed by atoms with Gasteiger partial charge in [0, 0.05) is 12.1 Å². The number of aromatic nitrogens is 2. The van der Waals surface area contributed by atoms with Crippen LogP contribution in [-0.4, -0.2) is 35.5 Å². The molecule has 17 heavy (non-hydrogen) atoms. The van der Waals surface area contributed by atoms with Crippen molar-refractivity contribution in [1.29, 1.82) is 0 Å². The minimum absolute atomic E-state index is 0.0995. The summed E-state index contributed by atoms with van der Waals surface area (Å²) in [7, 11) is -3.52. The smallest absolute Gasteiger partial charge is 0.270 e. The van der Waals surface area contributed by atoms with Gasteiger partial charge >= 0.3 is 0 Å². The summed E-state index contributed by atoms with van der Waals surface area (Å²) in [5.41, 5.74) is 0. The fourth-order valence-electron chi connectivity index (χ4n) is 2.18. The fraction of sp³-hybridized carbons (Fsp3) is 0.700. The molecule has 2 atom stereocenters. The number of imidazole rings is 1. The number of hydrazine groups is 1. The quantitative estimate of drug-likeness (QED) is 0.843. The molecule has 1 aromatic rings. The number of hydrogen-bond donors (Lipinski definition) is 2. The first kappa shape index (κ1) is 12.5. The van der Waals surface area contributed by atoms with E-state index in [1.54, 1.807) is 0 Å². The third kappa shape index (κ3) is 2.67. The molecular formula is C10H18N4O2S. The van der Waals surface area contributed by atoms with Gasteiger partial charge in [-0.3, -0.25) is 0 Å². The Balaban J connectivity index is 2.15. The molecule has 6 nitrogen and oxygen atoms in total. The van der Waals surface area contributed by atoms with Gasteiger partial charge in [0.15, 0.2) is 5.03 Å². The summed E-state index contributed by atoms with van der Waals surface area (Å²) in [6.07, 6.45) is 5.83. The van der Waals surface area contributed by atoms with Gasteiger partial charge in [0.05, 0.1) is 12.5 Å². The van der Waals surface area contributed by atoms with E-state index in [1.165, 1.54) is 12.5 Å². The highest BCUT2D eigenvalue weighted by atomic mass is 32.2. The van der Waals surface area contributed by atoms with Gasteiger partial charge in [-0.25, -0.2) is 18.4 Å². The van der Waals surface area contributed by atoms with Crippen molar-refractivity contribution in [2.24, 2.45) is 0 Å². The van der Waals surface area contributed by atoms with Gasteiger partial charge in [-0.15, -0.1) is 4.83 Å². The SMILES string of the molecule is CC1CCCC(C)N1NS(=O)(=O)c1cnc[nH]1. The van der Waals surface area contributed by atoms with E-state index in [2.05, 4.69) is 14.8 Å².